The van der Waals surface area contributed by atoms with E-state index in [2.05, 4.69) is 11.6 Å². The maximum absolute atomic E-state index is 12.5. The van der Waals surface area contributed by atoms with Crippen LogP contribution in [0.4, 0.5) is 0 Å². The molecule has 1 aliphatic heterocycles. The van der Waals surface area contributed by atoms with E-state index in [1.165, 1.54) is 34.7 Å². The van der Waals surface area contributed by atoms with Crippen molar-refractivity contribution < 1.29 is 19.1 Å². The highest BCUT2D eigenvalue weighted by Gasteiger charge is 2.35. The molecule has 0 saturated carbocycles. The van der Waals surface area contributed by atoms with Crippen molar-refractivity contribution >= 4 is 23.4 Å². The summed E-state index contributed by atoms with van der Waals surface area (Å²) < 4.78 is 6.69. The lowest BCUT2D eigenvalue weighted by Crippen LogP contribution is -2.29. The second-order valence-corrected chi connectivity index (χ2v) is 6.82. The number of benzene rings is 1. The number of pyridine rings is 1. The third kappa shape index (κ3) is 3.18. The second-order valence-electron chi connectivity index (χ2n) is 6.82. The summed E-state index contributed by atoms with van der Waals surface area (Å²) in [6.45, 7) is 5.25. The normalized spacial score (nSPS) is 12.9. The Balaban J connectivity index is 1.55. The minimum Gasteiger partial charge on any atom is -0.456 e. The Hall–Kier alpha value is -4.07. The molecule has 0 radical (unpaired) electrons. The van der Waals surface area contributed by atoms with Crippen molar-refractivity contribution in [3.63, 3.8) is 0 Å². The van der Waals surface area contributed by atoms with Gasteiger partial charge in [-0.1, -0.05) is 12.1 Å². The molecule has 0 atom stereocenters. The average molecular weight is 403 g/mol. The van der Waals surface area contributed by atoms with E-state index in [0.717, 1.165) is 10.5 Å². The topological polar surface area (TPSA) is 98.1 Å². The predicted molar refractivity (Wildman–Crippen MR) is 107 cm³/mol. The fraction of sp³-hybridized carbons (Fsp3) is 0.136. The Morgan fingerprint density at radius 3 is 2.67 bits per heavy atom. The highest BCUT2D eigenvalue weighted by molar-refractivity contribution is 6.22. The molecule has 2 aromatic heterocycles. The van der Waals surface area contributed by atoms with Crippen LogP contribution in [0.2, 0.25) is 0 Å². The molecule has 0 bridgehead atoms. The van der Waals surface area contributed by atoms with Gasteiger partial charge in [-0.3, -0.25) is 23.7 Å². The monoisotopic (exact) mass is 403 g/mol. The summed E-state index contributed by atoms with van der Waals surface area (Å²) in [6.07, 6.45) is 3.07. The number of hydrogen-bond donors (Lipinski definition) is 0. The van der Waals surface area contributed by atoms with E-state index < -0.39 is 17.8 Å². The molecule has 4 rings (SSSR count). The number of imide groups is 1. The highest BCUT2D eigenvalue weighted by Crippen LogP contribution is 2.24. The number of ether oxygens (including phenoxy) is 1. The number of rotatable bonds is 5. The van der Waals surface area contributed by atoms with E-state index in [1.54, 1.807) is 12.3 Å². The van der Waals surface area contributed by atoms with Gasteiger partial charge in [-0.25, -0.2) is 9.78 Å². The molecule has 8 heteroatoms. The van der Waals surface area contributed by atoms with Gasteiger partial charge >= 0.3 is 5.97 Å². The molecule has 0 unspecified atom stereocenters. The van der Waals surface area contributed by atoms with E-state index in [1.807, 2.05) is 13.0 Å². The third-order valence-electron chi connectivity index (χ3n) is 4.81. The Labute approximate surface area is 171 Å². The third-order valence-corrected chi connectivity index (χ3v) is 4.81. The summed E-state index contributed by atoms with van der Waals surface area (Å²) in [5, 5.41) is 0. The first-order valence-electron chi connectivity index (χ1n) is 9.17. The Kier molecular flexibility index (Phi) is 4.75. The SMILES string of the molecule is C=CCN1C(=O)c2ccc(C(=O)OCc3cc(=O)n4cccc(C)c4n3)cc2C1=O. The quantitative estimate of drug-likeness (QED) is 0.368. The number of nitrogens with zero attached hydrogens (tertiary/aromatic N) is 3. The van der Waals surface area contributed by atoms with Crippen LogP contribution in [0.1, 0.15) is 42.3 Å². The van der Waals surface area contributed by atoms with Crippen LogP contribution in [0.5, 0.6) is 0 Å². The molecule has 0 aliphatic carbocycles. The van der Waals surface area contributed by atoms with Gasteiger partial charge in [-0.15, -0.1) is 6.58 Å². The van der Waals surface area contributed by atoms with Gasteiger partial charge in [-0.05, 0) is 36.8 Å². The van der Waals surface area contributed by atoms with Crippen LogP contribution in [-0.4, -0.2) is 38.6 Å². The summed E-state index contributed by atoms with van der Waals surface area (Å²) in [5.74, 6) is -1.60. The Morgan fingerprint density at radius 1 is 1.13 bits per heavy atom. The van der Waals surface area contributed by atoms with Gasteiger partial charge in [0.1, 0.15) is 12.3 Å². The van der Waals surface area contributed by atoms with Crippen LogP contribution >= 0.6 is 0 Å². The largest absolute Gasteiger partial charge is 0.456 e. The van der Waals surface area contributed by atoms with Gasteiger partial charge in [0.2, 0.25) is 0 Å². The predicted octanol–water partition coefficient (Wildman–Crippen LogP) is 2.14. The molecule has 1 aromatic carbocycles. The summed E-state index contributed by atoms with van der Waals surface area (Å²) >= 11 is 0. The number of esters is 1. The molecular weight excluding hydrogens is 386 g/mol. The standard InChI is InChI=1S/C22H17N3O5/c1-3-8-25-20(27)16-7-6-14(10-17(16)21(25)28)22(29)30-12-15-11-18(26)24-9-4-5-13(2)19(24)23-15/h3-7,9-11H,1,8,12H2,2H3. The number of carbonyl (C=O) groups excluding carboxylic acids is 3. The lowest BCUT2D eigenvalue weighted by atomic mass is 10.1. The van der Waals surface area contributed by atoms with Gasteiger partial charge in [0, 0.05) is 18.8 Å². The molecule has 3 aromatic rings. The summed E-state index contributed by atoms with van der Waals surface area (Å²) in [5.41, 5.74) is 1.84. The molecule has 30 heavy (non-hydrogen) atoms. The van der Waals surface area contributed by atoms with Crippen LogP contribution in [0.15, 0.2) is 60.0 Å². The molecule has 0 saturated heterocycles. The molecule has 1 aliphatic rings. The maximum Gasteiger partial charge on any atom is 0.338 e. The number of hydrogen-bond acceptors (Lipinski definition) is 6. The van der Waals surface area contributed by atoms with E-state index in [-0.39, 0.29) is 35.4 Å². The van der Waals surface area contributed by atoms with Crippen molar-refractivity contribution in [1.29, 1.82) is 0 Å². The second kappa shape index (κ2) is 7.40. The fourth-order valence-electron chi connectivity index (χ4n) is 3.32. The number of aryl methyl sites for hydroxylation is 1. The Bertz CT molecular complexity index is 1290. The van der Waals surface area contributed by atoms with Gasteiger partial charge in [-0.2, -0.15) is 0 Å². The van der Waals surface area contributed by atoms with Crippen molar-refractivity contribution in [2.75, 3.05) is 6.54 Å². The summed E-state index contributed by atoms with van der Waals surface area (Å²) in [7, 11) is 0. The van der Waals surface area contributed by atoms with E-state index in [0.29, 0.717) is 11.3 Å². The molecule has 0 spiro atoms. The molecule has 0 N–H and O–H groups in total. The Morgan fingerprint density at radius 2 is 1.90 bits per heavy atom. The van der Waals surface area contributed by atoms with Crippen LogP contribution < -0.4 is 5.56 Å². The lowest BCUT2D eigenvalue weighted by Gasteiger charge is -2.09. The molecule has 3 heterocycles. The number of carbonyl (C=O) groups is 3. The van der Waals surface area contributed by atoms with Crippen molar-refractivity contribution in [1.82, 2.24) is 14.3 Å². The average Bonchev–Trinajstić information content (AvgIpc) is 2.97. The smallest absolute Gasteiger partial charge is 0.338 e. The number of amides is 2. The zero-order chi connectivity index (χ0) is 21.4. The first kappa shape index (κ1) is 19.3. The summed E-state index contributed by atoms with van der Waals surface area (Å²) in [6, 6.07) is 9.08. The number of aromatic nitrogens is 2. The van der Waals surface area contributed by atoms with Crippen molar-refractivity contribution in [2.45, 2.75) is 13.5 Å². The van der Waals surface area contributed by atoms with Crippen molar-refractivity contribution in [3.05, 3.63) is 93.6 Å². The zero-order valence-electron chi connectivity index (χ0n) is 16.1. The van der Waals surface area contributed by atoms with E-state index in [9.17, 15) is 19.2 Å². The van der Waals surface area contributed by atoms with Gasteiger partial charge in [0.25, 0.3) is 17.4 Å². The maximum atomic E-state index is 12.5. The van der Waals surface area contributed by atoms with Crippen molar-refractivity contribution in [2.24, 2.45) is 0 Å². The van der Waals surface area contributed by atoms with Crippen LogP contribution in [0, 0.1) is 6.92 Å². The van der Waals surface area contributed by atoms with Crippen LogP contribution in [0.25, 0.3) is 5.65 Å². The van der Waals surface area contributed by atoms with Gasteiger partial charge in [0.15, 0.2) is 0 Å². The molecule has 8 nitrogen and oxygen atoms in total. The van der Waals surface area contributed by atoms with Crippen LogP contribution in [0.3, 0.4) is 0 Å². The van der Waals surface area contributed by atoms with E-state index >= 15 is 0 Å². The summed E-state index contributed by atoms with van der Waals surface area (Å²) in [4.78, 5) is 54.8. The first-order chi connectivity index (χ1) is 14.4. The van der Waals surface area contributed by atoms with Gasteiger partial charge < -0.3 is 4.74 Å². The molecule has 0 fully saturated rings. The minimum atomic E-state index is -0.688. The molecule has 2 amide bonds. The molecule has 150 valence electrons. The van der Waals surface area contributed by atoms with Crippen molar-refractivity contribution in [3.8, 4) is 0 Å². The highest BCUT2D eigenvalue weighted by atomic mass is 16.5. The van der Waals surface area contributed by atoms with Gasteiger partial charge in [0.05, 0.1) is 22.4 Å². The van der Waals surface area contributed by atoms with E-state index in [4.69, 9.17) is 4.74 Å². The lowest BCUT2D eigenvalue weighted by molar-refractivity contribution is 0.0467. The minimum absolute atomic E-state index is 0.0920. The fourth-order valence-corrected chi connectivity index (χ4v) is 3.32. The van der Waals surface area contributed by atoms with Crippen LogP contribution in [-0.2, 0) is 11.3 Å². The zero-order valence-corrected chi connectivity index (χ0v) is 16.1. The first-order valence-corrected chi connectivity index (χ1v) is 9.17. The molecular formula is C22H17N3O5. The number of fused-ring (bicyclic) bond motifs is 2.